The Labute approximate surface area is 386 Å². The van der Waals surface area contributed by atoms with Gasteiger partial charge in [-0.3, -0.25) is 0 Å². The molecule has 0 aliphatic heterocycles. The van der Waals surface area contributed by atoms with Crippen LogP contribution in [0.5, 0.6) is 5.75 Å². The van der Waals surface area contributed by atoms with Gasteiger partial charge >= 0.3 is 12.1 Å². The minimum atomic E-state index is -0.373. The highest BCUT2D eigenvalue weighted by Gasteiger charge is 2.24. The average molecular weight is 903 g/mol. The topological polar surface area (TPSA) is 181 Å². The van der Waals surface area contributed by atoms with Crippen molar-refractivity contribution in [2.24, 2.45) is 5.92 Å². The lowest BCUT2D eigenvalue weighted by molar-refractivity contribution is 0.254. The second kappa shape index (κ2) is 19.6. The van der Waals surface area contributed by atoms with Crippen LogP contribution in [0.3, 0.4) is 0 Å². The van der Waals surface area contributed by atoms with Crippen LogP contribution in [0.25, 0.3) is 43.4 Å². The summed E-state index contributed by atoms with van der Waals surface area (Å²) in [5.41, 5.74) is 13.9. The molecule has 0 spiro atoms. The molecule has 7 aromatic rings. The summed E-state index contributed by atoms with van der Waals surface area (Å²) < 4.78 is 6.02. The van der Waals surface area contributed by atoms with E-state index in [0.717, 1.165) is 65.5 Å². The van der Waals surface area contributed by atoms with Crippen molar-refractivity contribution in [1.29, 1.82) is 0 Å². The Morgan fingerprint density at radius 1 is 0.738 bits per heavy atom. The molecule has 1 aliphatic rings. The fourth-order valence-corrected chi connectivity index (χ4v) is 9.07. The summed E-state index contributed by atoms with van der Waals surface area (Å²) in [5.74, 6) is 2.24. The van der Waals surface area contributed by atoms with E-state index >= 15 is 0 Å². The van der Waals surface area contributed by atoms with Crippen LogP contribution in [0.15, 0.2) is 133 Å². The number of nitrogens with two attached hydrogens (primary N) is 1. The van der Waals surface area contributed by atoms with Crippen LogP contribution in [0.2, 0.25) is 0 Å². The number of rotatable bonds is 13. The molecule has 0 bridgehead atoms. The number of benzene rings is 3. The van der Waals surface area contributed by atoms with Crippen molar-refractivity contribution in [2.75, 3.05) is 40.2 Å². The number of hydrogen-bond acceptors (Lipinski definition) is 11. The third-order valence-electron chi connectivity index (χ3n) is 10.2. The number of carbonyl (C=O) groups is 2. The van der Waals surface area contributed by atoms with Crippen molar-refractivity contribution >= 4 is 63.4 Å². The van der Waals surface area contributed by atoms with Crippen molar-refractivity contribution in [3.8, 4) is 49.1 Å². The Bertz CT molecular complexity index is 2900. The molecule has 8 rings (SSSR count). The first-order chi connectivity index (χ1) is 31.3. The molecule has 3 aromatic carbocycles. The van der Waals surface area contributed by atoms with E-state index in [-0.39, 0.29) is 17.5 Å². The van der Waals surface area contributed by atoms with Crippen LogP contribution in [0.4, 0.5) is 38.3 Å². The molecule has 4 amide bonds. The fraction of sp³-hybridized carbons (Fsp3) is 0.200. The van der Waals surface area contributed by atoms with Gasteiger partial charge in [-0.25, -0.2) is 29.5 Å². The third-order valence-corrected chi connectivity index (χ3v) is 12.8. The number of anilines is 5. The number of aryl methyl sites for hydroxylation is 1. The fourth-order valence-electron chi connectivity index (χ4n) is 6.99. The van der Waals surface area contributed by atoms with E-state index in [1.807, 2.05) is 97.9 Å². The molecule has 330 valence electrons. The second-order valence-electron chi connectivity index (χ2n) is 16.6. The normalized spacial score (nSPS) is 13.4. The number of thiazole rings is 2. The molecule has 15 heteroatoms. The maximum Gasteiger partial charge on any atom is 0.323 e. The summed E-state index contributed by atoms with van der Waals surface area (Å²) in [6.07, 6.45) is 10.4. The zero-order valence-corrected chi connectivity index (χ0v) is 38.4. The van der Waals surface area contributed by atoms with Crippen molar-refractivity contribution < 1.29 is 14.3 Å². The Balaban J connectivity index is 0.855. The third kappa shape index (κ3) is 11.4. The number of allylic oxidation sites excluding steroid dienone is 3. The Morgan fingerprint density at radius 3 is 2.03 bits per heavy atom. The van der Waals surface area contributed by atoms with E-state index in [4.69, 9.17) is 20.4 Å². The van der Waals surface area contributed by atoms with E-state index in [9.17, 15) is 9.59 Å². The van der Waals surface area contributed by atoms with Crippen LogP contribution in [0, 0.1) is 12.8 Å². The van der Waals surface area contributed by atoms with Crippen molar-refractivity contribution in [2.45, 2.75) is 46.5 Å². The summed E-state index contributed by atoms with van der Waals surface area (Å²) in [4.78, 5) is 46.5. The molecule has 7 N–H and O–H groups in total. The number of pyridine rings is 2. The maximum atomic E-state index is 13.0. The van der Waals surface area contributed by atoms with E-state index in [0.29, 0.717) is 53.5 Å². The highest BCUT2D eigenvalue weighted by atomic mass is 32.1. The van der Waals surface area contributed by atoms with Gasteiger partial charge in [-0.2, -0.15) is 0 Å². The lowest BCUT2D eigenvalue weighted by atomic mass is 9.98. The van der Waals surface area contributed by atoms with Gasteiger partial charge in [0.05, 0.1) is 37.7 Å². The number of amides is 4. The van der Waals surface area contributed by atoms with E-state index < -0.39 is 0 Å². The molecule has 65 heavy (non-hydrogen) atoms. The Kier molecular flexibility index (Phi) is 13.3. The maximum absolute atomic E-state index is 13.0. The summed E-state index contributed by atoms with van der Waals surface area (Å²) in [5, 5.41) is 17.1. The van der Waals surface area contributed by atoms with E-state index in [2.05, 4.69) is 70.3 Å². The monoisotopic (exact) mass is 902 g/mol. The van der Waals surface area contributed by atoms with Crippen molar-refractivity contribution in [3.05, 3.63) is 143 Å². The molecule has 0 saturated heterocycles. The molecular weight excluding hydrogens is 853 g/mol. The Morgan fingerprint density at radius 2 is 1.37 bits per heavy atom. The predicted octanol–water partition coefficient (Wildman–Crippen LogP) is 12.0. The van der Waals surface area contributed by atoms with Gasteiger partial charge < -0.3 is 37.1 Å². The number of carbonyl (C=O) groups excluding carboxylic acids is 2. The van der Waals surface area contributed by atoms with Crippen molar-refractivity contribution in [3.63, 3.8) is 0 Å². The molecule has 1 unspecified atom stereocenters. The molecule has 1 aliphatic carbocycles. The summed E-state index contributed by atoms with van der Waals surface area (Å²) in [7, 11) is 0. The molecule has 4 aromatic heterocycles. The van der Waals surface area contributed by atoms with Gasteiger partial charge in [0.25, 0.3) is 0 Å². The van der Waals surface area contributed by atoms with Crippen LogP contribution < -0.4 is 37.1 Å². The lowest BCUT2D eigenvalue weighted by Crippen LogP contribution is -2.28. The van der Waals surface area contributed by atoms with E-state index in [1.165, 1.54) is 0 Å². The number of ether oxygens (including phenoxy) is 1. The standard InChI is InChI=1S/C50H50N10O3S2/c1-30-12-14-36(15-13-30)56-48(61)59-39-11-7-9-35(27-39)46-44(60-47(65-46)50(3,4)5)33-21-23-53-42(29-33)54-24-25-63-40-18-16-37(17-19-40)57-49(62)58-38-10-6-8-34(26-38)45-43(55-31(2)64-45)32-20-22-52-41(51)28-32/h6-12,14-23,26-30H,13,24-25H2,1-5H3,(H2,51,52)(H,53,54)(H2,56,59,61)(H2,57,58,62). The smallest absolute Gasteiger partial charge is 0.323 e. The molecule has 1 atom stereocenters. The minimum absolute atomic E-state index is 0.170. The van der Waals surface area contributed by atoms with Gasteiger partial charge in [0.15, 0.2) is 0 Å². The minimum Gasteiger partial charge on any atom is -0.492 e. The molecular formula is C50H50N10O3S2. The zero-order valence-electron chi connectivity index (χ0n) is 36.7. The van der Waals surface area contributed by atoms with E-state index in [1.54, 1.807) is 53.3 Å². The number of urea groups is 2. The lowest BCUT2D eigenvalue weighted by Gasteiger charge is -2.14. The average Bonchev–Trinajstić information content (AvgIpc) is 3.92. The number of aromatic nitrogens is 4. The molecule has 0 radical (unpaired) electrons. The quantitative estimate of drug-likeness (QED) is 0.0614. The number of hydrogen-bond donors (Lipinski definition) is 6. The molecule has 0 saturated carbocycles. The molecule has 13 nitrogen and oxygen atoms in total. The van der Waals surface area contributed by atoms with Crippen LogP contribution in [-0.4, -0.2) is 45.1 Å². The summed E-state index contributed by atoms with van der Waals surface area (Å²) >= 11 is 3.23. The number of nitrogens with zero attached hydrogens (tertiary/aromatic N) is 4. The van der Waals surface area contributed by atoms with Gasteiger partial charge in [0.2, 0.25) is 0 Å². The summed E-state index contributed by atoms with van der Waals surface area (Å²) in [6.45, 7) is 11.4. The number of nitrogen functional groups attached to an aromatic ring is 1. The van der Waals surface area contributed by atoms with Gasteiger partial charge in [-0.1, -0.05) is 64.1 Å². The number of nitrogens with one attached hydrogen (secondary N) is 5. The molecule has 4 heterocycles. The second-order valence-corrected chi connectivity index (χ2v) is 18.8. The zero-order chi connectivity index (χ0) is 45.5. The largest absolute Gasteiger partial charge is 0.492 e. The first-order valence-corrected chi connectivity index (χ1v) is 22.9. The first kappa shape index (κ1) is 44.3. The molecule has 0 fully saturated rings. The van der Waals surface area contributed by atoms with Crippen molar-refractivity contribution in [1.82, 2.24) is 25.3 Å². The Hall–Kier alpha value is -7.36. The highest BCUT2D eigenvalue weighted by Crippen LogP contribution is 2.42. The SMILES string of the molecule is Cc1nc(-c2ccnc(N)c2)c(-c2cccc(NC(=O)Nc3ccc(OCCNc4cc(-c5nc(C(C)(C)C)sc5-c5cccc(NC(=O)NC6=CCC(C)C=C6)c5)ccn4)cc3)c2)s1. The summed E-state index contributed by atoms with van der Waals surface area (Å²) in [6, 6.07) is 29.7. The first-order valence-electron chi connectivity index (χ1n) is 21.2. The van der Waals surface area contributed by atoms with Crippen LogP contribution in [0.1, 0.15) is 44.1 Å². The van der Waals surface area contributed by atoms with Gasteiger partial charge in [-0.15, -0.1) is 22.7 Å². The van der Waals surface area contributed by atoms with Crippen LogP contribution in [-0.2, 0) is 5.41 Å². The van der Waals surface area contributed by atoms with Gasteiger partial charge in [0, 0.05) is 51.7 Å². The van der Waals surface area contributed by atoms with Gasteiger partial charge in [-0.05, 0) is 109 Å². The van der Waals surface area contributed by atoms with Gasteiger partial charge in [0.1, 0.15) is 24.0 Å². The van der Waals surface area contributed by atoms with Crippen LogP contribution >= 0.6 is 22.7 Å². The predicted molar refractivity (Wildman–Crippen MR) is 266 cm³/mol. The highest BCUT2D eigenvalue weighted by molar-refractivity contribution is 7.16.